The van der Waals surface area contributed by atoms with E-state index in [0.717, 1.165) is 19.4 Å². The summed E-state index contributed by atoms with van der Waals surface area (Å²) in [7, 11) is 1.75. The van der Waals surface area contributed by atoms with E-state index in [1.807, 2.05) is 0 Å². The molecular formula is C15H28O2. The fourth-order valence-corrected chi connectivity index (χ4v) is 3.24. The maximum absolute atomic E-state index is 12.4. The van der Waals surface area contributed by atoms with Crippen molar-refractivity contribution >= 4 is 5.78 Å². The van der Waals surface area contributed by atoms with Crippen LogP contribution in [-0.2, 0) is 9.53 Å². The summed E-state index contributed by atoms with van der Waals surface area (Å²) >= 11 is 0. The molecule has 0 amide bonds. The fraction of sp³-hybridized carbons (Fsp3) is 0.933. The van der Waals surface area contributed by atoms with E-state index >= 15 is 0 Å². The van der Waals surface area contributed by atoms with Gasteiger partial charge in [0.2, 0.25) is 0 Å². The molecule has 2 heteroatoms. The molecule has 0 bridgehead atoms. The Labute approximate surface area is 106 Å². The molecule has 1 aliphatic rings. The van der Waals surface area contributed by atoms with Gasteiger partial charge in [0, 0.05) is 26.1 Å². The fourth-order valence-electron chi connectivity index (χ4n) is 3.24. The quantitative estimate of drug-likeness (QED) is 0.707. The lowest BCUT2D eigenvalue weighted by Gasteiger charge is -2.36. The van der Waals surface area contributed by atoms with Crippen molar-refractivity contribution in [3.8, 4) is 0 Å². The molecule has 0 N–H and O–H groups in total. The van der Waals surface area contributed by atoms with Crippen molar-refractivity contribution in [2.24, 2.45) is 23.7 Å². The Morgan fingerprint density at radius 1 is 1.35 bits per heavy atom. The predicted octanol–water partition coefficient (Wildman–Crippen LogP) is 3.69. The minimum absolute atomic E-state index is 0.293. The Bertz CT molecular complexity index is 235. The normalized spacial score (nSPS) is 29.6. The zero-order valence-corrected chi connectivity index (χ0v) is 11.9. The predicted molar refractivity (Wildman–Crippen MR) is 71.0 cm³/mol. The van der Waals surface area contributed by atoms with Crippen molar-refractivity contribution < 1.29 is 9.53 Å². The first-order valence-corrected chi connectivity index (χ1v) is 7.07. The molecule has 3 unspecified atom stereocenters. The Morgan fingerprint density at radius 3 is 2.65 bits per heavy atom. The zero-order chi connectivity index (χ0) is 12.8. The molecule has 1 aliphatic carbocycles. The van der Waals surface area contributed by atoms with Gasteiger partial charge in [0.1, 0.15) is 5.78 Å². The van der Waals surface area contributed by atoms with Gasteiger partial charge < -0.3 is 4.74 Å². The SMILES string of the molecule is COCCC1CCCC(C)C1C(=O)CC(C)C. The third kappa shape index (κ3) is 4.42. The molecule has 17 heavy (non-hydrogen) atoms. The summed E-state index contributed by atoms with van der Waals surface area (Å²) in [4.78, 5) is 12.4. The number of methoxy groups -OCH3 is 1. The van der Waals surface area contributed by atoms with Crippen LogP contribution in [0, 0.1) is 23.7 Å². The molecule has 0 aliphatic heterocycles. The highest BCUT2D eigenvalue weighted by molar-refractivity contribution is 5.81. The largest absolute Gasteiger partial charge is 0.385 e. The highest BCUT2D eigenvalue weighted by Crippen LogP contribution is 2.38. The van der Waals surface area contributed by atoms with Crippen molar-refractivity contribution in [1.29, 1.82) is 0 Å². The van der Waals surface area contributed by atoms with E-state index in [9.17, 15) is 4.79 Å². The van der Waals surface area contributed by atoms with Gasteiger partial charge in [0.15, 0.2) is 0 Å². The minimum atomic E-state index is 0.293. The number of carbonyl (C=O) groups excluding carboxylic acids is 1. The highest BCUT2D eigenvalue weighted by Gasteiger charge is 2.35. The van der Waals surface area contributed by atoms with Gasteiger partial charge in [-0.3, -0.25) is 4.79 Å². The van der Waals surface area contributed by atoms with E-state index < -0.39 is 0 Å². The van der Waals surface area contributed by atoms with Crippen LogP contribution in [-0.4, -0.2) is 19.5 Å². The lowest BCUT2D eigenvalue weighted by molar-refractivity contribution is -0.128. The molecule has 0 heterocycles. The number of ketones is 1. The van der Waals surface area contributed by atoms with Gasteiger partial charge in [0.05, 0.1) is 0 Å². The molecule has 1 rings (SSSR count). The van der Waals surface area contributed by atoms with Gasteiger partial charge in [-0.1, -0.05) is 33.6 Å². The Hall–Kier alpha value is -0.370. The average molecular weight is 240 g/mol. The topological polar surface area (TPSA) is 26.3 Å². The van der Waals surface area contributed by atoms with Crippen LogP contribution in [0.25, 0.3) is 0 Å². The number of Topliss-reactive ketones (excluding diaryl/α,β-unsaturated/α-hetero) is 1. The summed E-state index contributed by atoms with van der Waals surface area (Å²) in [6, 6.07) is 0. The van der Waals surface area contributed by atoms with Gasteiger partial charge >= 0.3 is 0 Å². The van der Waals surface area contributed by atoms with Gasteiger partial charge in [-0.05, 0) is 30.6 Å². The summed E-state index contributed by atoms with van der Waals surface area (Å²) in [5.74, 6) is 2.40. The number of ether oxygens (including phenoxy) is 1. The van der Waals surface area contributed by atoms with Crippen LogP contribution in [0.5, 0.6) is 0 Å². The molecule has 0 saturated heterocycles. The third-order valence-electron chi connectivity index (χ3n) is 4.03. The number of hydrogen-bond donors (Lipinski definition) is 0. The molecule has 0 aromatic carbocycles. The molecule has 1 saturated carbocycles. The van der Waals surface area contributed by atoms with Crippen molar-refractivity contribution in [3.63, 3.8) is 0 Å². The summed E-state index contributed by atoms with van der Waals surface area (Å²) in [6.07, 6.45) is 5.51. The van der Waals surface area contributed by atoms with E-state index in [0.29, 0.717) is 29.5 Å². The van der Waals surface area contributed by atoms with E-state index in [2.05, 4.69) is 20.8 Å². The van der Waals surface area contributed by atoms with Crippen LogP contribution < -0.4 is 0 Å². The second kappa shape index (κ2) is 7.15. The number of carbonyl (C=O) groups is 1. The maximum atomic E-state index is 12.4. The monoisotopic (exact) mass is 240 g/mol. The van der Waals surface area contributed by atoms with Crippen LogP contribution in [0.15, 0.2) is 0 Å². The van der Waals surface area contributed by atoms with Gasteiger partial charge in [-0.15, -0.1) is 0 Å². The third-order valence-corrected chi connectivity index (χ3v) is 4.03. The van der Waals surface area contributed by atoms with Crippen LogP contribution in [0.1, 0.15) is 52.9 Å². The molecule has 2 nitrogen and oxygen atoms in total. The molecule has 100 valence electrons. The first-order chi connectivity index (χ1) is 8.06. The summed E-state index contributed by atoms with van der Waals surface area (Å²) < 4.78 is 5.18. The Kier molecular flexibility index (Phi) is 6.18. The molecule has 0 spiro atoms. The van der Waals surface area contributed by atoms with Gasteiger partial charge in [-0.2, -0.15) is 0 Å². The summed E-state index contributed by atoms with van der Waals surface area (Å²) in [6.45, 7) is 7.32. The lowest BCUT2D eigenvalue weighted by Crippen LogP contribution is -2.34. The molecular weight excluding hydrogens is 212 g/mol. The maximum Gasteiger partial charge on any atom is 0.136 e. The average Bonchev–Trinajstić information content (AvgIpc) is 2.25. The van der Waals surface area contributed by atoms with Crippen molar-refractivity contribution in [2.75, 3.05) is 13.7 Å². The molecule has 3 atom stereocenters. The summed E-state index contributed by atoms with van der Waals surface area (Å²) in [5, 5.41) is 0. The van der Waals surface area contributed by atoms with Crippen LogP contribution in [0.2, 0.25) is 0 Å². The molecule has 0 aromatic heterocycles. The smallest absolute Gasteiger partial charge is 0.136 e. The summed E-state index contributed by atoms with van der Waals surface area (Å²) in [5.41, 5.74) is 0. The van der Waals surface area contributed by atoms with Crippen molar-refractivity contribution in [1.82, 2.24) is 0 Å². The first kappa shape index (κ1) is 14.7. The highest BCUT2D eigenvalue weighted by atomic mass is 16.5. The Balaban J connectivity index is 2.62. The number of hydrogen-bond acceptors (Lipinski definition) is 2. The van der Waals surface area contributed by atoms with E-state index in [4.69, 9.17) is 4.74 Å². The van der Waals surface area contributed by atoms with Crippen LogP contribution >= 0.6 is 0 Å². The first-order valence-electron chi connectivity index (χ1n) is 7.07. The van der Waals surface area contributed by atoms with Gasteiger partial charge in [-0.25, -0.2) is 0 Å². The lowest BCUT2D eigenvalue weighted by atomic mass is 9.68. The molecule has 1 fully saturated rings. The second-order valence-corrected chi connectivity index (χ2v) is 6.04. The molecule has 0 aromatic rings. The van der Waals surface area contributed by atoms with Crippen molar-refractivity contribution in [2.45, 2.75) is 52.9 Å². The van der Waals surface area contributed by atoms with E-state index in [1.54, 1.807) is 7.11 Å². The zero-order valence-electron chi connectivity index (χ0n) is 11.9. The van der Waals surface area contributed by atoms with Gasteiger partial charge in [0.25, 0.3) is 0 Å². The van der Waals surface area contributed by atoms with Crippen LogP contribution in [0.3, 0.4) is 0 Å². The standard InChI is InChI=1S/C15H28O2/c1-11(2)10-14(16)15-12(3)6-5-7-13(15)8-9-17-4/h11-13,15H,5-10H2,1-4H3. The van der Waals surface area contributed by atoms with Crippen molar-refractivity contribution in [3.05, 3.63) is 0 Å². The minimum Gasteiger partial charge on any atom is -0.385 e. The van der Waals surface area contributed by atoms with E-state index in [1.165, 1.54) is 19.3 Å². The van der Waals surface area contributed by atoms with Crippen LogP contribution in [0.4, 0.5) is 0 Å². The van der Waals surface area contributed by atoms with E-state index in [-0.39, 0.29) is 0 Å². The number of rotatable bonds is 6. The second-order valence-electron chi connectivity index (χ2n) is 6.04. The Morgan fingerprint density at radius 2 is 2.06 bits per heavy atom. The molecule has 0 radical (unpaired) electrons.